The first kappa shape index (κ1) is 15.9. The van der Waals surface area contributed by atoms with Crippen molar-refractivity contribution in [3.8, 4) is 0 Å². The molecule has 108 valence electrons. The molecule has 2 heteroatoms. The molecular formula is C19H18Cl2. The Morgan fingerprint density at radius 2 is 1.05 bits per heavy atom. The van der Waals surface area contributed by atoms with Crippen LogP contribution in [-0.4, -0.2) is 0 Å². The second kappa shape index (κ2) is 6.98. The first-order valence-electron chi connectivity index (χ1n) is 6.86. The maximum atomic E-state index is 6.57. The summed E-state index contributed by atoms with van der Waals surface area (Å²) < 4.78 is -1.04. The standard InChI is InChI=1S/C19H18Cl2/c1-3-5-15-7-11-17(12-8-15)19(20,21)18-13-9-16(6-4-2)10-14-18/h3-4,7-14H,1-2,5-6H2. The van der Waals surface area contributed by atoms with Gasteiger partial charge in [-0.15, -0.1) is 13.2 Å². The number of hydrogen-bond acceptors (Lipinski definition) is 0. The van der Waals surface area contributed by atoms with Crippen molar-refractivity contribution in [2.45, 2.75) is 17.2 Å². The molecule has 21 heavy (non-hydrogen) atoms. The van der Waals surface area contributed by atoms with Crippen LogP contribution in [0.15, 0.2) is 73.8 Å². The Kier molecular flexibility index (Phi) is 5.27. The third-order valence-corrected chi connectivity index (χ3v) is 4.27. The van der Waals surface area contributed by atoms with Crippen LogP contribution in [0.2, 0.25) is 0 Å². The molecule has 0 fully saturated rings. The summed E-state index contributed by atoms with van der Waals surface area (Å²) in [4.78, 5) is 0. The van der Waals surface area contributed by atoms with Crippen LogP contribution < -0.4 is 0 Å². The van der Waals surface area contributed by atoms with Crippen molar-refractivity contribution in [3.63, 3.8) is 0 Å². The molecule has 0 aliphatic rings. The quantitative estimate of drug-likeness (QED) is 0.465. The molecule has 0 nitrogen and oxygen atoms in total. The van der Waals surface area contributed by atoms with Gasteiger partial charge in [-0.05, 0) is 35.1 Å². The largest absolute Gasteiger partial charge is 0.168 e. The molecule has 0 radical (unpaired) electrons. The molecule has 0 unspecified atom stereocenters. The minimum atomic E-state index is -1.04. The van der Waals surface area contributed by atoms with E-state index in [0.717, 1.165) is 24.0 Å². The van der Waals surface area contributed by atoms with Gasteiger partial charge in [0.1, 0.15) is 0 Å². The zero-order valence-corrected chi connectivity index (χ0v) is 13.4. The fraction of sp³-hybridized carbons (Fsp3) is 0.158. The Morgan fingerprint density at radius 1 is 0.714 bits per heavy atom. The van der Waals surface area contributed by atoms with Crippen molar-refractivity contribution in [2.24, 2.45) is 0 Å². The molecule has 0 spiro atoms. The molecule has 2 aromatic carbocycles. The van der Waals surface area contributed by atoms with E-state index in [1.165, 1.54) is 11.1 Å². The lowest BCUT2D eigenvalue weighted by atomic mass is 10.00. The van der Waals surface area contributed by atoms with Crippen LogP contribution in [0.25, 0.3) is 0 Å². The topological polar surface area (TPSA) is 0 Å². The Morgan fingerprint density at radius 3 is 1.33 bits per heavy atom. The zero-order valence-electron chi connectivity index (χ0n) is 11.9. The highest BCUT2D eigenvalue weighted by atomic mass is 35.5. The summed E-state index contributed by atoms with van der Waals surface area (Å²) in [5.41, 5.74) is 4.13. The van der Waals surface area contributed by atoms with Crippen LogP contribution in [0, 0.1) is 0 Å². The van der Waals surface area contributed by atoms with E-state index in [4.69, 9.17) is 23.2 Å². The maximum absolute atomic E-state index is 6.57. The molecule has 0 aromatic heterocycles. The van der Waals surface area contributed by atoms with Crippen molar-refractivity contribution in [1.29, 1.82) is 0 Å². The van der Waals surface area contributed by atoms with E-state index >= 15 is 0 Å². The van der Waals surface area contributed by atoms with Crippen molar-refractivity contribution in [1.82, 2.24) is 0 Å². The number of hydrogen-bond donors (Lipinski definition) is 0. The van der Waals surface area contributed by atoms with Gasteiger partial charge in [0, 0.05) is 0 Å². The van der Waals surface area contributed by atoms with E-state index in [1.807, 2.05) is 60.7 Å². The Labute approximate surface area is 136 Å². The van der Waals surface area contributed by atoms with E-state index in [-0.39, 0.29) is 0 Å². The van der Waals surface area contributed by atoms with Gasteiger partial charge in [0.05, 0.1) is 0 Å². The molecule has 0 bridgehead atoms. The first-order valence-corrected chi connectivity index (χ1v) is 7.62. The second-order valence-corrected chi connectivity index (χ2v) is 6.28. The summed E-state index contributed by atoms with van der Waals surface area (Å²) in [6, 6.07) is 16.0. The third kappa shape index (κ3) is 3.78. The van der Waals surface area contributed by atoms with Gasteiger partial charge in [-0.25, -0.2) is 0 Å². The smallest absolute Gasteiger partial charge is 0.103 e. The van der Waals surface area contributed by atoms with Gasteiger partial charge < -0.3 is 0 Å². The third-order valence-electron chi connectivity index (χ3n) is 3.39. The maximum Gasteiger partial charge on any atom is 0.168 e. The monoisotopic (exact) mass is 316 g/mol. The zero-order chi connectivity index (χ0) is 15.3. The first-order chi connectivity index (χ1) is 10.1. The minimum absolute atomic E-state index is 0.841. The average Bonchev–Trinajstić information content (AvgIpc) is 2.49. The molecule has 0 aliphatic heterocycles. The molecule has 2 aromatic rings. The molecule has 0 aliphatic carbocycles. The van der Waals surface area contributed by atoms with Gasteiger partial charge in [0.25, 0.3) is 0 Å². The van der Waals surface area contributed by atoms with Crippen LogP contribution >= 0.6 is 23.2 Å². The van der Waals surface area contributed by atoms with E-state index in [1.54, 1.807) is 0 Å². The SMILES string of the molecule is C=CCc1ccc(C(Cl)(Cl)c2ccc(CC=C)cc2)cc1. The molecule has 0 saturated heterocycles. The summed E-state index contributed by atoms with van der Waals surface area (Å²) in [5, 5.41) is 0. The molecule has 0 amide bonds. The van der Waals surface area contributed by atoms with Gasteiger partial charge in [0.2, 0.25) is 0 Å². The van der Waals surface area contributed by atoms with Crippen LogP contribution in [-0.2, 0) is 17.2 Å². The molecule has 0 atom stereocenters. The predicted molar refractivity (Wildman–Crippen MR) is 93.2 cm³/mol. The van der Waals surface area contributed by atoms with Crippen LogP contribution in [0.1, 0.15) is 22.3 Å². The molecule has 0 N–H and O–H groups in total. The Hall–Kier alpha value is -1.50. The number of benzene rings is 2. The van der Waals surface area contributed by atoms with E-state index in [9.17, 15) is 0 Å². The van der Waals surface area contributed by atoms with Crippen LogP contribution in [0.4, 0.5) is 0 Å². The Bertz CT molecular complexity index is 552. The molecule has 0 saturated carbocycles. The molecule has 2 rings (SSSR count). The van der Waals surface area contributed by atoms with Gasteiger partial charge >= 0.3 is 0 Å². The summed E-state index contributed by atoms with van der Waals surface area (Å²) >= 11 is 13.1. The number of halogens is 2. The number of allylic oxidation sites excluding steroid dienone is 2. The van der Waals surface area contributed by atoms with Crippen molar-refractivity contribution < 1.29 is 0 Å². The highest BCUT2D eigenvalue weighted by Gasteiger charge is 2.28. The lowest BCUT2D eigenvalue weighted by Gasteiger charge is -2.21. The summed E-state index contributed by atoms with van der Waals surface area (Å²) in [6.07, 6.45) is 5.44. The van der Waals surface area contributed by atoms with Gasteiger partial charge in [0.15, 0.2) is 4.33 Å². The highest BCUT2D eigenvalue weighted by molar-refractivity contribution is 6.50. The van der Waals surface area contributed by atoms with Crippen molar-refractivity contribution >= 4 is 23.2 Å². The fourth-order valence-corrected chi connectivity index (χ4v) is 2.70. The van der Waals surface area contributed by atoms with Crippen molar-refractivity contribution in [3.05, 3.63) is 96.1 Å². The van der Waals surface area contributed by atoms with Gasteiger partial charge in [-0.3, -0.25) is 0 Å². The summed E-state index contributed by atoms with van der Waals surface area (Å²) in [5.74, 6) is 0. The fourth-order valence-electron chi connectivity index (χ4n) is 2.20. The van der Waals surface area contributed by atoms with Crippen LogP contribution in [0.5, 0.6) is 0 Å². The van der Waals surface area contributed by atoms with Gasteiger partial charge in [-0.2, -0.15) is 0 Å². The number of rotatable bonds is 6. The summed E-state index contributed by atoms with van der Waals surface area (Å²) in [6.45, 7) is 7.48. The Balaban J connectivity index is 2.27. The lowest BCUT2D eigenvalue weighted by molar-refractivity contribution is 1.03. The van der Waals surface area contributed by atoms with Crippen molar-refractivity contribution in [2.75, 3.05) is 0 Å². The number of alkyl halides is 2. The highest BCUT2D eigenvalue weighted by Crippen LogP contribution is 2.40. The molecular weight excluding hydrogens is 299 g/mol. The minimum Gasteiger partial charge on any atom is -0.103 e. The predicted octanol–water partition coefficient (Wildman–Crippen LogP) is 5.82. The van der Waals surface area contributed by atoms with E-state index in [0.29, 0.717) is 0 Å². The summed E-state index contributed by atoms with van der Waals surface area (Å²) in [7, 11) is 0. The lowest BCUT2D eigenvalue weighted by Crippen LogP contribution is -2.12. The second-order valence-electron chi connectivity index (χ2n) is 4.95. The van der Waals surface area contributed by atoms with E-state index < -0.39 is 4.33 Å². The average molecular weight is 317 g/mol. The normalized spacial score (nSPS) is 11.1. The van der Waals surface area contributed by atoms with E-state index in [2.05, 4.69) is 13.2 Å². The van der Waals surface area contributed by atoms with Gasteiger partial charge in [-0.1, -0.05) is 83.9 Å². The van der Waals surface area contributed by atoms with Crippen LogP contribution in [0.3, 0.4) is 0 Å². The molecule has 0 heterocycles.